The molecule has 1 aromatic heterocycles. The van der Waals surface area contributed by atoms with Crippen LogP contribution in [0.3, 0.4) is 0 Å². The van der Waals surface area contributed by atoms with E-state index in [1.807, 2.05) is 0 Å². The molecule has 0 fully saturated rings. The average Bonchev–Trinajstić information content (AvgIpc) is 2.88. The van der Waals surface area contributed by atoms with Crippen molar-refractivity contribution < 1.29 is 32.2 Å². The van der Waals surface area contributed by atoms with Crippen molar-refractivity contribution >= 4 is 5.91 Å². The van der Waals surface area contributed by atoms with Crippen LogP contribution in [0.5, 0.6) is 23.0 Å². The van der Waals surface area contributed by atoms with Crippen LogP contribution in [-0.4, -0.2) is 40.3 Å². The molecule has 0 unspecified atom stereocenters. The summed E-state index contributed by atoms with van der Waals surface area (Å²) in [5, 5.41) is 0. The fraction of sp³-hybridized carbons (Fsp3) is 0.190. The van der Waals surface area contributed by atoms with Crippen LogP contribution >= 0.6 is 0 Å². The number of halogens is 3. The minimum atomic E-state index is -4.77. The molecule has 3 aromatic rings. The molecular formula is C21H16F3N3O4. The summed E-state index contributed by atoms with van der Waals surface area (Å²) in [6, 6.07) is 11.4. The van der Waals surface area contributed by atoms with E-state index in [0.717, 1.165) is 12.1 Å². The Kier molecular flexibility index (Phi) is 5.61. The molecule has 7 nitrogen and oxygen atoms in total. The van der Waals surface area contributed by atoms with Gasteiger partial charge in [-0.1, -0.05) is 0 Å². The second-order valence-corrected chi connectivity index (χ2v) is 6.52. The Balaban J connectivity index is 1.51. The van der Waals surface area contributed by atoms with E-state index in [0.29, 0.717) is 36.0 Å². The number of carbonyl (C=O) groups excluding carboxylic acids is 1. The molecule has 0 radical (unpaired) electrons. The van der Waals surface area contributed by atoms with Crippen LogP contribution in [0.2, 0.25) is 0 Å². The Morgan fingerprint density at radius 2 is 1.68 bits per heavy atom. The van der Waals surface area contributed by atoms with E-state index in [1.54, 1.807) is 35.5 Å². The summed E-state index contributed by atoms with van der Waals surface area (Å²) in [5.74, 6) is 0.920. The van der Waals surface area contributed by atoms with Crippen molar-refractivity contribution in [2.75, 3.05) is 13.2 Å². The number of fused-ring (bicyclic) bond motifs is 1. The highest BCUT2D eigenvalue weighted by molar-refractivity contribution is 5.97. The van der Waals surface area contributed by atoms with Crippen molar-refractivity contribution in [3.8, 4) is 23.0 Å². The molecule has 160 valence electrons. The van der Waals surface area contributed by atoms with Gasteiger partial charge >= 0.3 is 6.36 Å². The van der Waals surface area contributed by atoms with Crippen LogP contribution in [0.15, 0.2) is 60.9 Å². The third-order valence-electron chi connectivity index (χ3n) is 4.33. The number of hydrogen-bond donors (Lipinski definition) is 0. The topological polar surface area (TPSA) is 73.8 Å². The number of nitrogens with zero attached hydrogens (tertiary/aromatic N) is 3. The van der Waals surface area contributed by atoms with Crippen LogP contribution < -0.4 is 14.2 Å². The molecule has 31 heavy (non-hydrogen) atoms. The van der Waals surface area contributed by atoms with Gasteiger partial charge in [-0.25, -0.2) is 9.97 Å². The summed E-state index contributed by atoms with van der Waals surface area (Å²) in [4.78, 5) is 22.9. The summed E-state index contributed by atoms with van der Waals surface area (Å²) in [5.41, 5.74) is 0.308. The van der Waals surface area contributed by atoms with E-state index in [1.165, 1.54) is 18.2 Å². The van der Waals surface area contributed by atoms with Gasteiger partial charge in [0.1, 0.15) is 35.4 Å². The molecule has 1 amide bonds. The maximum absolute atomic E-state index is 13.0. The predicted octanol–water partition coefficient (Wildman–Crippen LogP) is 4.20. The Labute approximate surface area is 175 Å². The lowest BCUT2D eigenvalue weighted by atomic mass is 10.1. The van der Waals surface area contributed by atoms with E-state index in [9.17, 15) is 18.0 Å². The zero-order chi connectivity index (χ0) is 21.8. The first-order valence-electron chi connectivity index (χ1n) is 9.23. The summed E-state index contributed by atoms with van der Waals surface area (Å²) in [6.07, 6.45) is -1.56. The van der Waals surface area contributed by atoms with Crippen LogP contribution in [-0.2, 0) is 6.54 Å². The van der Waals surface area contributed by atoms with E-state index < -0.39 is 6.36 Å². The molecule has 10 heteroatoms. The number of ether oxygens (including phenoxy) is 3. The van der Waals surface area contributed by atoms with Crippen molar-refractivity contribution in [2.45, 2.75) is 12.9 Å². The molecule has 2 heterocycles. The second-order valence-electron chi connectivity index (χ2n) is 6.52. The molecule has 0 aliphatic carbocycles. The second kappa shape index (κ2) is 8.50. The molecule has 0 atom stereocenters. The van der Waals surface area contributed by atoms with E-state index in [-0.39, 0.29) is 24.0 Å². The molecule has 2 aromatic carbocycles. The zero-order valence-electron chi connectivity index (χ0n) is 16.0. The molecule has 0 N–H and O–H groups in total. The van der Waals surface area contributed by atoms with E-state index in [2.05, 4.69) is 14.7 Å². The molecule has 1 aliphatic heterocycles. The first-order valence-corrected chi connectivity index (χ1v) is 9.23. The molecule has 0 saturated heterocycles. The van der Waals surface area contributed by atoms with E-state index >= 15 is 0 Å². The minimum absolute atomic E-state index is 0.230. The van der Waals surface area contributed by atoms with Gasteiger partial charge in [0.25, 0.3) is 5.91 Å². The van der Waals surface area contributed by atoms with Gasteiger partial charge in [-0.3, -0.25) is 4.79 Å². The SMILES string of the molecule is O=C1c2cc(Oc3ccc(OC(F)(F)F)cc3)ccc2OCCN1Cc1ncccn1. The normalized spacial score (nSPS) is 13.8. The Morgan fingerprint density at radius 1 is 1.00 bits per heavy atom. The average molecular weight is 431 g/mol. The monoisotopic (exact) mass is 431 g/mol. The number of alkyl halides is 3. The summed E-state index contributed by atoms with van der Waals surface area (Å²) < 4.78 is 52.0. The summed E-state index contributed by atoms with van der Waals surface area (Å²) in [6.45, 7) is 0.906. The highest BCUT2D eigenvalue weighted by Gasteiger charge is 2.31. The molecule has 4 rings (SSSR count). The predicted molar refractivity (Wildman–Crippen MR) is 102 cm³/mol. The van der Waals surface area contributed by atoms with Gasteiger partial charge in [-0.15, -0.1) is 13.2 Å². The van der Waals surface area contributed by atoms with Gasteiger partial charge < -0.3 is 19.1 Å². The third-order valence-corrected chi connectivity index (χ3v) is 4.33. The Bertz CT molecular complexity index is 1060. The third kappa shape index (κ3) is 5.21. The van der Waals surface area contributed by atoms with Crippen LogP contribution in [0, 0.1) is 0 Å². The number of rotatable bonds is 5. The molecular weight excluding hydrogens is 415 g/mol. The fourth-order valence-electron chi connectivity index (χ4n) is 2.98. The van der Waals surface area contributed by atoms with Crippen molar-refractivity contribution in [2.24, 2.45) is 0 Å². The number of aromatic nitrogens is 2. The lowest BCUT2D eigenvalue weighted by Crippen LogP contribution is -2.32. The maximum atomic E-state index is 13.0. The number of hydrogen-bond acceptors (Lipinski definition) is 6. The Morgan fingerprint density at radius 3 is 2.39 bits per heavy atom. The van der Waals surface area contributed by atoms with E-state index in [4.69, 9.17) is 9.47 Å². The number of benzene rings is 2. The molecule has 0 bridgehead atoms. The van der Waals surface area contributed by atoms with Gasteiger partial charge in [0.15, 0.2) is 0 Å². The highest BCUT2D eigenvalue weighted by Crippen LogP contribution is 2.32. The van der Waals surface area contributed by atoms with Crippen molar-refractivity contribution in [3.63, 3.8) is 0 Å². The smallest absolute Gasteiger partial charge is 0.491 e. The summed E-state index contributed by atoms with van der Waals surface area (Å²) in [7, 11) is 0. The van der Waals surface area contributed by atoms with Crippen LogP contribution in [0.4, 0.5) is 13.2 Å². The lowest BCUT2D eigenvalue weighted by molar-refractivity contribution is -0.274. The van der Waals surface area contributed by atoms with Gasteiger partial charge in [-0.2, -0.15) is 0 Å². The standard InChI is InChI=1S/C21H16F3N3O4/c22-21(23,24)31-15-4-2-14(3-5-15)30-16-6-7-18-17(12-16)20(28)27(10-11-29-18)13-19-25-8-1-9-26-19/h1-9,12H,10-11,13H2. The Hall–Kier alpha value is -3.82. The fourth-order valence-corrected chi connectivity index (χ4v) is 2.98. The first kappa shape index (κ1) is 20.5. The van der Waals surface area contributed by atoms with Gasteiger partial charge in [-0.05, 0) is 48.5 Å². The maximum Gasteiger partial charge on any atom is 0.573 e. The number of carbonyl (C=O) groups is 1. The number of amides is 1. The zero-order valence-corrected chi connectivity index (χ0v) is 16.0. The molecule has 1 aliphatic rings. The quantitative estimate of drug-likeness (QED) is 0.603. The molecule has 0 spiro atoms. The van der Waals surface area contributed by atoms with Crippen LogP contribution in [0.25, 0.3) is 0 Å². The highest BCUT2D eigenvalue weighted by atomic mass is 19.4. The van der Waals surface area contributed by atoms with Crippen molar-refractivity contribution in [3.05, 3.63) is 72.3 Å². The largest absolute Gasteiger partial charge is 0.573 e. The van der Waals surface area contributed by atoms with Gasteiger partial charge in [0, 0.05) is 12.4 Å². The lowest BCUT2D eigenvalue weighted by Gasteiger charge is -2.19. The van der Waals surface area contributed by atoms with Gasteiger partial charge in [0.05, 0.1) is 18.7 Å². The first-order chi connectivity index (χ1) is 14.9. The molecule has 0 saturated carbocycles. The minimum Gasteiger partial charge on any atom is -0.491 e. The summed E-state index contributed by atoms with van der Waals surface area (Å²) >= 11 is 0. The van der Waals surface area contributed by atoms with Gasteiger partial charge in [0.2, 0.25) is 0 Å². The van der Waals surface area contributed by atoms with Crippen molar-refractivity contribution in [1.82, 2.24) is 14.9 Å². The van der Waals surface area contributed by atoms with Crippen LogP contribution in [0.1, 0.15) is 16.2 Å². The van der Waals surface area contributed by atoms with Crippen molar-refractivity contribution in [1.29, 1.82) is 0 Å².